The third-order valence-electron chi connectivity index (χ3n) is 4.51. The van der Waals surface area contributed by atoms with Gasteiger partial charge in [0.15, 0.2) is 5.78 Å². The van der Waals surface area contributed by atoms with Crippen LogP contribution in [-0.4, -0.2) is 35.0 Å². The lowest BCUT2D eigenvalue weighted by Gasteiger charge is -2.31. The van der Waals surface area contributed by atoms with Crippen molar-refractivity contribution in [3.05, 3.63) is 47.5 Å². The maximum absolute atomic E-state index is 13.4. The van der Waals surface area contributed by atoms with Gasteiger partial charge in [-0.3, -0.25) is 9.10 Å². The fourth-order valence-electron chi connectivity index (χ4n) is 3.11. The molecular formula is C19H21NO5S. The van der Waals surface area contributed by atoms with E-state index in [1.54, 1.807) is 24.3 Å². The van der Waals surface area contributed by atoms with Crippen molar-refractivity contribution in [3.8, 4) is 11.5 Å². The van der Waals surface area contributed by atoms with Gasteiger partial charge in [-0.15, -0.1) is 0 Å². The summed E-state index contributed by atoms with van der Waals surface area (Å²) in [6.45, 7) is 1.81. The molecule has 0 saturated heterocycles. The van der Waals surface area contributed by atoms with E-state index in [4.69, 9.17) is 9.47 Å². The number of ether oxygens (including phenoxy) is 2. The number of Topliss-reactive ketones (excluding diaryl/α,β-unsaturated/α-hetero) is 1. The first-order chi connectivity index (χ1) is 12.4. The predicted molar refractivity (Wildman–Crippen MR) is 98.8 cm³/mol. The minimum absolute atomic E-state index is 0.0421. The molecule has 26 heavy (non-hydrogen) atoms. The van der Waals surface area contributed by atoms with Crippen LogP contribution in [0.15, 0.2) is 41.3 Å². The van der Waals surface area contributed by atoms with E-state index >= 15 is 0 Å². The topological polar surface area (TPSA) is 72.9 Å². The minimum atomic E-state index is -3.88. The number of carbonyl (C=O) groups is 1. The lowest BCUT2D eigenvalue weighted by atomic mass is 10.00. The average Bonchev–Trinajstić information content (AvgIpc) is 2.66. The van der Waals surface area contributed by atoms with E-state index in [1.807, 2.05) is 6.07 Å². The average molecular weight is 375 g/mol. The molecule has 1 aliphatic heterocycles. The zero-order valence-electron chi connectivity index (χ0n) is 15.0. The Hall–Kier alpha value is -2.54. The third-order valence-corrected chi connectivity index (χ3v) is 6.34. The summed E-state index contributed by atoms with van der Waals surface area (Å²) < 4.78 is 38.6. The third kappa shape index (κ3) is 3.14. The smallest absolute Gasteiger partial charge is 0.268 e. The van der Waals surface area contributed by atoms with Crippen LogP contribution in [0.5, 0.6) is 11.5 Å². The van der Waals surface area contributed by atoms with Gasteiger partial charge in [-0.2, -0.15) is 0 Å². The van der Waals surface area contributed by atoms with Crippen molar-refractivity contribution in [1.29, 1.82) is 0 Å². The number of aryl methyl sites for hydroxylation is 1. The highest BCUT2D eigenvalue weighted by Crippen LogP contribution is 2.37. The van der Waals surface area contributed by atoms with Crippen molar-refractivity contribution in [1.82, 2.24) is 0 Å². The van der Waals surface area contributed by atoms with Crippen LogP contribution < -0.4 is 13.8 Å². The molecule has 0 N–H and O–H groups in total. The number of ketones is 1. The van der Waals surface area contributed by atoms with Gasteiger partial charge in [-0.25, -0.2) is 8.42 Å². The quantitative estimate of drug-likeness (QED) is 0.751. The van der Waals surface area contributed by atoms with Gasteiger partial charge in [0, 0.05) is 18.2 Å². The molecule has 0 aliphatic carbocycles. The van der Waals surface area contributed by atoms with Gasteiger partial charge in [-0.1, -0.05) is 12.1 Å². The van der Waals surface area contributed by atoms with Gasteiger partial charge in [0.2, 0.25) is 0 Å². The van der Waals surface area contributed by atoms with Crippen LogP contribution >= 0.6 is 0 Å². The Morgan fingerprint density at radius 3 is 2.50 bits per heavy atom. The molecule has 2 aromatic carbocycles. The lowest BCUT2D eigenvalue weighted by Crippen LogP contribution is -2.35. The number of benzene rings is 2. The molecule has 138 valence electrons. The summed E-state index contributed by atoms with van der Waals surface area (Å²) in [5.41, 5.74) is 1.95. The number of hydrogen-bond acceptors (Lipinski definition) is 5. The zero-order valence-corrected chi connectivity index (χ0v) is 15.8. The molecule has 0 spiro atoms. The maximum Gasteiger partial charge on any atom is 0.268 e. The van der Waals surface area contributed by atoms with Crippen molar-refractivity contribution < 1.29 is 22.7 Å². The van der Waals surface area contributed by atoms with E-state index in [9.17, 15) is 13.2 Å². The molecule has 0 bridgehead atoms. The SMILES string of the molecule is COc1ccc(OC)c(S(=O)(=O)N2CCCc3ccc(C(C)=O)cc32)c1. The van der Waals surface area contributed by atoms with Crippen LogP contribution in [0.25, 0.3) is 0 Å². The van der Waals surface area contributed by atoms with E-state index in [1.165, 1.54) is 31.5 Å². The van der Waals surface area contributed by atoms with Crippen molar-refractivity contribution in [2.45, 2.75) is 24.7 Å². The van der Waals surface area contributed by atoms with Crippen LogP contribution in [-0.2, 0) is 16.4 Å². The molecule has 1 aliphatic rings. The Balaban J connectivity index is 2.16. The van der Waals surface area contributed by atoms with E-state index in [2.05, 4.69) is 0 Å². The first-order valence-electron chi connectivity index (χ1n) is 8.27. The van der Waals surface area contributed by atoms with Crippen molar-refractivity contribution in [2.75, 3.05) is 25.1 Å². The standard InChI is InChI=1S/C19H21NO5S/c1-13(21)15-7-6-14-5-4-10-20(17(14)11-15)26(22,23)19-12-16(24-2)8-9-18(19)25-3/h6-9,11-12H,4-5,10H2,1-3H3. The van der Waals surface area contributed by atoms with Crippen LogP contribution in [0.1, 0.15) is 29.3 Å². The Morgan fingerprint density at radius 2 is 1.85 bits per heavy atom. The van der Waals surface area contributed by atoms with Gasteiger partial charge in [0.25, 0.3) is 10.0 Å². The Labute approximate surface area is 153 Å². The maximum atomic E-state index is 13.4. The highest BCUT2D eigenvalue weighted by molar-refractivity contribution is 7.93. The summed E-state index contributed by atoms with van der Waals surface area (Å²) in [6.07, 6.45) is 1.48. The largest absolute Gasteiger partial charge is 0.497 e. The summed E-state index contributed by atoms with van der Waals surface area (Å²) in [7, 11) is -0.967. The first-order valence-corrected chi connectivity index (χ1v) is 9.71. The van der Waals surface area contributed by atoms with Crippen LogP contribution in [0.2, 0.25) is 0 Å². The molecule has 0 unspecified atom stereocenters. The monoisotopic (exact) mass is 375 g/mol. The number of carbonyl (C=O) groups excluding carboxylic acids is 1. The second kappa shape index (κ2) is 6.99. The van der Waals surface area contributed by atoms with Gasteiger partial charge in [-0.05, 0) is 43.5 Å². The van der Waals surface area contributed by atoms with E-state index < -0.39 is 10.0 Å². The molecule has 0 saturated carbocycles. The molecule has 3 rings (SSSR count). The highest BCUT2D eigenvalue weighted by Gasteiger charge is 2.32. The van der Waals surface area contributed by atoms with Gasteiger partial charge in [0.1, 0.15) is 16.4 Å². The lowest BCUT2D eigenvalue weighted by molar-refractivity contribution is 0.101. The number of sulfonamides is 1. The molecule has 6 nitrogen and oxygen atoms in total. The summed E-state index contributed by atoms with van der Waals surface area (Å²) >= 11 is 0. The highest BCUT2D eigenvalue weighted by atomic mass is 32.2. The fourth-order valence-corrected chi connectivity index (χ4v) is 4.82. The molecular weight excluding hydrogens is 354 g/mol. The molecule has 0 amide bonds. The molecule has 1 heterocycles. The number of anilines is 1. The molecule has 7 heteroatoms. The molecule has 0 radical (unpaired) electrons. The van der Waals surface area contributed by atoms with Crippen LogP contribution in [0, 0.1) is 0 Å². The summed E-state index contributed by atoms with van der Waals surface area (Å²) in [5, 5.41) is 0. The van der Waals surface area contributed by atoms with Gasteiger partial charge < -0.3 is 9.47 Å². The van der Waals surface area contributed by atoms with E-state index in [0.717, 1.165) is 12.0 Å². The Bertz CT molecular complexity index is 952. The Kier molecular flexibility index (Phi) is 4.91. The number of fused-ring (bicyclic) bond motifs is 1. The van der Waals surface area contributed by atoms with Gasteiger partial charge in [0.05, 0.1) is 19.9 Å². The summed E-state index contributed by atoms with van der Waals surface area (Å²) in [6, 6.07) is 9.90. The molecule has 2 aromatic rings. The minimum Gasteiger partial charge on any atom is -0.497 e. The summed E-state index contributed by atoms with van der Waals surface area (Å²) in [5.74, 6) is 0.578. The molecule has 0 atom stereocenters. The normalized spacial score (nSPS) is 13.9. The number of rotatable bonds is 5. The molecule has 0 fully saturated rings. The summed E-state index contributed by atoms with van der Waals surface area (Å²) in [4.78, 5) is 11.8. The number of methoxy groups -OCH3 is 2. The van der Waals surface area contributed by atoms with Crippen molar-refractivity contribution in [3.63, 3.8) is 0 Å². The number of hydrogen-bond donors (Lipinski definition) is 0. The number of nitrogens with zero attached hydrogens (tertiary/aromatic N) is 1. The van der Waals surface area contributed by atoms with Crippen LogP contribution in [0.3, 0.4) is 0 Å². The predicted octanol–water partition coefficient (Wildman–Crippen LogP) is 3.05. The fraction of sp³-hybridized carbons (Fsp3) is 0.316. The second-order valence-corrected chi connectivity index (χ2v) is 7.93. The van der Waals surface area contributed by atoms with Crippen LogP contribution in [0.4, 0.5) is 5.69 Å². The zero-order chi connectivity index (χ0) is 18.9. The van der Waals surface area contributed by atoms with Crippen molar-refractivity contribution >= 4 is 21.5 Å². The van der Waals surface area contributed by atoms with Gasteiger partial charge >= 0.3 is 0 Å². The van der Waals surface area contributed by atoms with E-state index in [-0.39, 0.29) is 16.4 Å². The molecule has 0 aromatic heterocycles. The van der Waals surface area contributed by atoms with E-state index in [0.29, 0.717) is 30.0 Å². The first kappa shape index (κ1) is 18.3. The second-order valence-electron chi connectivity index (χ2n) is 6.10. The van der Waals surface area contributed by atoms with Crippen molar-refractivity contribution in [2.24, 2.45) is 0 Å². The Morgan fingerprint density at radius 1 is 1.08 bits per heavy atom.